The summed E-state index contributed by atoms with van der Waals surface area (Å²) >= 11 is 0. The van der Waals surface area contributed by atoms with Crippen LogP contribution in [0.4, 0.5) is 5.69 Å². The molecule has 5 nitrogen and oxygen atoms in total. The summed E-state index contributed by atoms with van der Waals surface area (Å²) in [5.74, 6) is -0.0672. The van der Waals surface area contributed by atoms with Gasteiger partial charge in [-0.2, -0.15) is 5.26 Å². The van der Waals surface area contributed by atoms with E-state index in [0.717, 1.165) is 11.3 Å². The van der Waals surface area contributed by atoms with Crippen LogP contribution in [0.2, 0.25) is 0 Å². The largest absolute Gasteiger partial charge is 0.361 e. The van der Waals surface area contributed by atoms with Crippen LogP contribution in [-0.4, -0.2) is 43.2 Å². The lowest BCUT2D eigenvalue weighted by molar-refractivity contribution is -0.118. The summed E-state index contributed by atoms with van der Waals surface area (Å²) < 4.78 is 5.24. The summed E-state index contributed by atoms with van der Waals surface area (Å²) in [6, 6.07) is 9.74. The summed E-state index contributed by atoms with van der Waals surface area (Å²) in [5.41, 5.74) is 1.95. The first-order valence-electron chi connectivity index (χ1n) is 6.27. The van der Waals surface area contributed by atoms with Crippen molar-refractivity contribution in [3.63, 3.8) is 0 Å². The van der Waals surface area contributed by atoms with E-state index in [9.17, 15) is 4.79 Å². The molecular formula is C14H17N3O2. The maximum absolute atomic E-state index is 11.9. The Morgan fingerprint density at radius 1 is 1.53 bits per heavy atom. The summed E-state index contributed by atoms with van der Waals surface area (Å²) in [6.45, 7) is 3.95. The van der Waals surface area contributed by atoms with Gasteiger partial charge in [0.25, 0.3) is 0 Å². The van der Waals surface area contributed by atoms with Crippen LogP contribution in [0.25, 0.3) is 0 Å². The van der Waals surface area contributed by atoms with E-state index in [1.165, 1.54) is 0 Å². The number of benzene rings is 1. The second-order valence-corrected chi connectivity index (χ2v) is 4.64. The maximum Gasteiger partial charge on any atom is 0.238 e. The Morgan fingerprint density at radius 2 is 2.26 bits per heavy atom. The first kappa shape index (κ1) is 13.5. The quantitative estimate of drug-likeness (QED) is 0.884. The van der Waals surface area contributed by atoms with Crippen LogP contribution in [-0.2, 0) is 9.53 Å². The van der Waals surface area contributed by atoms with E-state index in [1.54, 1.807) is 0 Å². The van der Waals surface area contributed by atoms with Crippen LogP contribution in [0, 0.1) is 18.3 Å². The molecule has 0 saturated carbocycles. The Morgan fingerprint density at radius 3 is 2.95 bits per heavy atom. The van der Waals surface area contributed by atoms with Gasteiger partial charge in [-0.3, -0.25) is 9.69 Å². The SMILES string of the molecule is Cc1ccc(NC(=O)CN2CCOC(C#N)C2)cc1. The molecule has 100 valence electrons. The molecule has 1 unspecified atom stereocenters. The van der Waals surface area contributed by atoms with Gasteiger partial charge in [0.1, 0.15) is 0 Å². The number of anilines is 1. The van der Waals surface area contributed by atoms with E-state index in [1.807, 2.05) is 36.1 Å². The first-order chi connectivity index (χ1) is 9.17. The molecule has 0 bridgehead atoms. The minimum Gasteiger partial charge on any atom is -0.361 e. The van der Waals surface area contributed by atoms with E-state index >= 15 is 0 Å². The lowest BCUT2D eigenvalue weighted by Crippen LogP contribution is -2.45. The molecule has 1 saturated heterocycles. The second-order valence-electron chi connectivity index (χ2n) is 4.64. The van der Waals surface area contributed by atoms with Crippen LogP contribution >= 0.6 is 0 Å². The Balaban J connectivity index is 1.84. The zero-order chi connectivity index (χ0) is 13.7. The molecule has 1 aliphatic heterocycles. The number of nitrogens with one attached hydrogen (secondary N) is 1. The third-order valence-corrected chi connectivity index (χ3v) is 3.00. The van der Waals surface area contributed by atoms with Crippen LogP contribution in [0.5, 0.6) is 0 Å². The van der Waals surface area contributed by atoms with E-state index < -0.39 is 6.10 Å². The van der Waals surface area contributed by atoms with E-state index in [2.05, 4.69) is 11.4 Å². The fourth-order valence-corrected chi connectivity index (χ4v) is 1.96. The average molecular weight is 259 g/mol. The minimum absolute atomic E-state index is 0.0672. The lowest BCUT2D eigenvalue weighted by atomic mass is 10.2. The molecule has 1 aromatic carbocycles. The molecule has 1 heterocycles. The third-order valence-electron chi connectivity index (χ3n) is 3.00. The topological polar surface area (TPSA) is 65.4 Å². The molecule has 2 rings (SSSR count). The van der Waals surface area contributed by atoms with Gasteiger partial charge in [0.2, 0.25) is 5.91 Å². The predicted octanol–water partition coefficient (Wildman–Crippen LogP) is 1.16. The first-order valence-corrected chi connectivity index (χ1v) is 6.27. The van der Waals surface area contributed by atoms with Crippen LogP contribution in [0.15, 0.2) is 24.3 Å². The summed E-state index contributed by atoms with van der Waals surface area (Å²) in [6.07, 6.45) is -0.430. The van der Waals surface area contributed by atoms with Gasteiger partial charge in [-0.05, 0) is 19.1 Å². The van der Waals surface area contributed by atoms with Gasteiger partial charge in [-0.15, -0.1) is 0 Å². The molecule has 1 fully saturated rings. The van der Waals surface area contributed by atoms with Crippen molar-refractivity contribution in [2.45, 2.75) is 13.0 Å². The number of rotatable bonds is 3. The normalized spacial score (nSPS) is 19.7. The standard InChI is InChI=1S/C14H17N3O2/c1-11-2-4-12(5-3-11)16-14(18)10-17-6-7-19-13(8-15)9-17/h2-5,13H,6-7,9-10H2,1H3,(H,16,18). The highest BCUT2D eigenvalue weighted by atomic mass is 16.5. The summed E-state index contributed by atoms with van der Waals surface area (Å²) in [4.78, 5) is 13.8. The number of nitrogens with zero attached hydrogens (tertiary/aromatic N) is 2. The van der Waals surface area contributed by atoms with Crippen molar-refractivity contribution in [1.82, 2.24) is 4.90 Å². The van der Waals surface area contributed by atoms with Gasteiger partial charge < -0.3 is 10.1 Å². The number of nitriles is 1. The maximum atomic E-state index is 11.9. The Labute approximate surface area is 112 Å². The van der Waals surface area contributed by atoms with Gasteiger partial charge in [0.05, 0.1) is 19.2 Å². The number of carbonyl (C=O) groups excluding carboxylic acids is 1. The molecule has 1 atom stereocenters. The minimum atomic E-state index is -0.430. The number of amides is 1. The molecule has 5 heteroatoms. The highest BCUT2D eigenvalue weighted by molar-refractivity contribution is 5.92. The van der Waals surface area contributed by atoms with Crippen molar-refractivity contribution in [2.24, 2.45) is 0 Å². The highest BCUT2D eigenvalue weighted by Crippen LogP contribution is 2.09. The van der Waals surface area contributed by atoms with Crippen molar-refractivity contribution >= 4 is 11.6 Å². The zero-order valence-corrected chi connectivity index (χ0v) is 10.9. The zero-order valence-electron chi connectivity index (χ0n) is 10.9. The smallest absolute Gasteiger partial charge is 0.238 e. The van der Waals surface area contributed by atoms with E-state index in [4.69, 9.17) is 10.00 Å². The molecule has 0 spiro atoms. The number of hydrogen-bond acceptors (Lipinski definition) is 4. The fourth-order valence-electron chi connectivity index (χ4n) is 1.96. The van der Waals surface area contributed by atoms with Gasteiger partial charge in [0, 0.05) is 18.8 Å². The number of aryl methyl sites for hydroxylation is 1. The molecule has 0 aromatic heterocycles. The number of ether oxygens (including phenoxy) is 1. The van der Waals surface area contributed by atoms with Gasteiger partial charge in [-0.1, -0.05) is 17.7 Å². The Bertz CT molecular complexity index is 478. The molecule has 1 aromatic rings. The van der Waals surface area contributed by atoms with Gasteiger partial charge in [-0.25, -0.2) is 0 Å². The summed E-state index contributed by atoms with van der Waals surface area (Å²) in [7, 11) is 0. The molecule has 19 heavy (non-hydrogen) atoms. The van der Waals surface area contributed by atoms with Gasteiger partial charge >= 0.3 is 0 Å². The van der Waals surface area contributed by atoms with Crippen molar-refractivity contribution < 1.29 is 9.53 Å². The van der Waals surface area contributed by atoms with Crippen molar-refractivity contribution in [3.8, 4) is 6.07 Å². The Hall–Kier alpha value is -1.90. The molecule has 1 amide bonds. The molecular weight excluding hydrogens is 242 g/mol. The van der Waals surface area contributed by atoms with E-state index in [0.29, 0.717) is 19.7 Å². The van der Waals surface area contributed by atoms with Crippen LogP contribution in [0.1, 0.15) is 5.56 Å². The third kappa shape index (κ3) is 4.05. The summed E-state index contributed by atoms with van der Waals surface area (Å²) in [5, 5.41) is 11.6. The van der Waals surface area contributed by atoms with Crippen LogP contribution < -0.4 is 5.32 Å². The molecule has 1 N–H and O–H groups in total. The van der Waals surface area contributed by atoms with Crippen molar-refractivity contribution in [2.75, 3.05) is 31.6 Å². The lowest BCUT2D eigenvalue weighted by Gasteiger charge is -2.28. The average Bonchev–Trinajstić information content (AvgIpc) is 2.41. The van der Waals surface area contributed by atoms with E-state index in [-0.39, 0.29) is 12.5 Å². The predicted molar refractivity (Wildman–Crippen MR) is 71.6 cm³/mol. The second kappa shape index (κ2) is 6.32. The monoisotopic (exact) mass is 259 g/mol. The molecule has 1 aliphatic rings. The van der Waals surface area contributed by atoms with Crippen molar-refractivity contribution in [3.05, 3.63) is 29.8 Å². The fraction of sp³-hybridized carbons (Fsp3) is 0.429. The van der Waals surface area contributed by atoms with Crippen LogP contribution in [0.3, 0.4) is 0 Å². The number of morpholine rings is 1. The molecule has 0 radical (unpaired) electrons. The number of hydrogen-bond donors (Lipinski definition) is 1. The van der Waals surface area contributed by atoms with Gasteiger partial charge in [0.15, 0.2) is 6.10 Å². The highest BCUT2D eigenvalue weighted by Gasteiger charge is 2.21. The molecule has 0 aliphatic carbocycles. The van der Waals surface area contributed by atoms with Crippen molar-refractivity contribution in [1.29, 1.82) is 5.26 Å². The Kier molecular flexibility index (Phi) is 4.50. The number of carbonyl (C=O) groups is 1.